The van der Waals surface area contributed by atoms with Gasteiger partial charge in [0.1, 0.15) is 0 Å². The molecule has 2 aromatic carbocycles. The third kappa shape index (κ3) is 4.44. The zero-order valence-electron chi connectivity index (χ0n) is 15.1. The van der Waals surface area contributed by atoms with Crippen molar-refractivity contribution in [1.29, 1.82) is 0 Å². The third-order valence-electron chi connectivity index (χ3n) is 4.59. The van der Waals surface area contributed by atoms with Gasteiger partial charge >= 0.3 is 0 Å². The number of hydrogen-bond acceptors (Lipinski definition) is 2. The first-order valence-electron chi connectivity index (χ1n) is 8.24. The average molecular weight is 460 g/mol. The van der Waals surface area contributed by atoms with Gasteiger partial charge in [0.25, 0.3) is 0 Å². The van der Waals surface area contributed by atoms with Gasteiger partial charge in [0.15, 0.2) is 5.16 Å². The van der Waals surface area contributed by atoms with Gasteiger partial charge in [0.2, 0.25) is 0 Å². The molecule has 0 spiro atoms. The first kappa shape index (κ1) is 20.9. The number of halogens is 4. The summed E-state index contributed by atoms with van der Waals surface area (Å²) in [5, 5.41) is 3.40. The SMILES string of the molecule is Cn1c(C(C)(C)c2ccc(Cl)c(Cl)c2)cnc1SCc1cc(Cl)ccc1Cl. The van der Waals surface area contributed by atoms with Crippen LogP contribution in [0.4, 0.5) is 0 Å². The van der Waals surface area contributed by atoms with Crippen molar-refractivity contribution in [3.8, 4) is 0 Å². The minimum absolute atomic E-state index is 0.275. The van der Waals surface area contributed by atoms with Gasteiger partial charge in [-0.3, -0.25) is 0 Å². The third-order valence-corrected chi connectivity index (χ3v) is 7.03. The molecule has 142 valence electrons. The first-order valence-corrected chi connectivity index (χ1v) is 10.7. The van der Waals surface area contributed by atoms with Crippen LogP contribution < -0.4 is 0 Å². The predicted octanol–water partition coefficient (Wildman–Crippen LogP) is 7.65. The number of aromatic nitrogens is 2. The molecule has 7 heteroatoms. The van der Waals surface area contributed by atoms with Gasteiger partial charge in [-0.1, -0.05) is 78.1 Å². The van der Waals surface area contributed by atoms with Crippen LogP contribution in [0, 0.1) is 0 Å². The molecule has 2 nitrogen and oxygen atoms in total. The van der Waals surface area contributed by atoms with E-state index in [0.717, 1.165) is 22.0 Å². The molecule has 0 fully saturated rings. The van der Waals surface area contributed by atoms with Crippen LogP contribution in [0.2, 0.25) is 20.1 Å². The van der Waals surface area contributed by atoms with Gasteiger partial charge in [-0.05, 0) is 41.5 Å². The van der Waals surface area contributed by atoms with E-state index < -0.39 is 0 Å². The molecule has 3 rings (SSSR count). The van der Waals surface area contributed by atoms with E-state index in [9.17, 15) is 0 Å². The molecule has 0 N–H and O–H groups in total. The van der Waals surface area contributed by atoms with Crippen LogP contribution in [0.25, 0.3) is 0 Å². The Morgan fingerprint density at radius 1 is 0.963 bits per heavy atom. The maximum Gasteiger partial charge on any atom is 0.168 e. The van der Waals surface area contributed by atoms with Gasteiger partial charge in [0.05, 0.1) is 16.2 Å². The maximum atomic E-state index is 6.27. The lowest BCUT2D eigenvalue weighted by molar-refractivity contribution is 0.570. The first-order chi connectivity index (χ1) is 12.7. The molecule has 1 heterocycles. The summed E-state index contributed by atoms with van der Waals surface area (Å²) in [6.07, 6.45) is 1.91. The largest absolute Gasteiger partial charge is 0.325 e. The van der Waals surface area contributed by atoms with Crippen LogP contribution in [0.15, 0.2) is 47.8 Å². The van der Waals surface area contributed by atoms with Crippen LogP contribution in [0.1, 0.15) is 30.7 Å². The van der Waals surface area contributed by atoms with E-state index in [-0.39, 0.29) is 5.41 Å². The minimum atomic E-state index is -0.275. The van der Waals surface area contributed by atoms with E-state index in [1.165, 1.54) is 0 Å². The Balaban J connectivity index is 1.85. The van der Waals surface area contributed by atoms with Gasteiger partial charge in [-0.25, -0.2) is 4.98 Å². The fraction of sp³-hybridized carbons (Fsp3) is 0.250. The molecule has 0 unspecified atom stereocenters. The molecular weight excluding hydrogens is 442 g/mol. The number of hydrogen-bond donors (Lipinski definition) is 0. The lowest BCUT2D eigenvalue weighted by Gasteiger charge is -2.26. The fourth-order valence-corrected chi connectivity index (χ4v) is 4.64. The van der Waals surface area contributed by atoms with Crippen LogP contribution in [-0.2, 0) is 18.2 Å². The van der Waals surface area contributed by atoms with E-state index in [4.69, 9.17) is 46.4 Å². The van der Waals surface area contributed by atoms with E-state index >= 15 is 0 Å². The standard InChI is InChI=1S/C20H18Cl4N2S/c1-20(2,13-4-6-16(23)17(24)9-13)18-10-25-19(26(18)3)27-11-12-8-14(21)5-7-15(12)22/h4-10H,11H2,1-3H3. The molecule has 27 heavy (non-hydrogen) atoms. The summed E-state index contributed by atoms with van der Waals surface area (Å²) in [6.45, 7) is 4.29. The Hall–Kier alpha value is -0.840. The predicted molar refractivity (Wildman–Crippen MR) is 118 cm³/mol. The van der Waals surface area contributed by atoms with Gasteiger partial charge in [-0.15, -0.1) is 0 Å². The smallest absolute Gasteiger partial charge is 0.168 e. The highest BCUT2D eigenvalue weighted by Crippen LogP contribution is 2.37. The lowest BCUT2D eigenvalue weighted by atomic mass is 9.82. The van der Waals surface area contributed by atoms with Gasteiger partial charge < -0.3 is 4.57 Å². The van der Waals surface area contributed by atoms with Crippen LogP contribution in [0.3, 0.4) is 0 Å². The zero-order chi connectivity index (χ0) is 19.8. The Kier molecular flexibility index (Phi) is 6.39. The molecule has 0 saturated carbocycles. The fourth-order valence-electron chi connectivity index (χ4n) is 2.94. The van der Waals surface area contributed by atoms with E-state index in [2.05, 4.69) is 23.4 Å². The van der Waals surface area contributed by atoms with Crippen molar-refractivity contribution in [2.24, 2.45) is 7.05 Å². The summed E-state index contributed by atoms with van der Waals surface area (Å²) in [7, 11) is 2.02. The van der Waals surface area contributed by atoms with Crippen molar-refractivity contribution in [2.75, 3.05) is 0 Å². The second-order valence-corrected chi connectivity index (χ2v) is 9.36. The second kappa shape index (κ2) is 8.26. The van der Waals surface area contributed by atoms with Crippen LogP contribution >= 0.6 is 58.2 Å². The molecule has 0 amide bonds. The quantitative estimate of drug-likeness (QED) is 0.364. The Morgan fingerprint density at radius 3 is 2.37 bits per heavy atom. The van der Waals surface area contributed by atoms with Crippen molar-refractivity contribution in [3.63, 3.8) is 0 Å². The Labute approximate surface area is 183 Å². The topological polar surface area (TPSA) is 17.8 Å². The Bertz CT molecular complexity index is 982. The molecule has 1 aromatic heterocycles. The molecule has 0 aliphatic heterocycles. The summed E-state index contributed by atoms with van der Waals surface area (Å²) in [6, 6.07) is 11.2. The summed E-state index contributed by atoms with van der Waals surface area (Å²) in [5.41, 5.74) is 2.88. The normalized spacial score (nSPS) is 11.8. The number of thioether (sulfide) groups is 1. The van der Waals surface area contributed by atoms with Crippen LogP contribution in [0.5, 0.6) is 0 Å². The van der Waals surface area contributed by atoms with E-state index in [0.29, 0.717) is 25.8 Å². The molecule has 3 aromatic rings. The number of nitrogens with zero attached hydrogens (tertiary/aromatic N) is 2. The second-order valence-electron chi connectivity index (χ2n) is 6.76. The summed E-state index contributed by atoms with van der Waals surface area (Å²) >= 11 is 26.2. The summed E-state index contributed by atoms with van der Waals surface area (Å²) in [4.78, 5) is 4.61. The van der Waals surface area contributed by atoms with Crippen LogP contribution in [-0.4, -0.2) is 9.55 Å². The molecule has 0 radical (unpaired) electrons. The van der Waals surface area contributed by atoms with Crippen molar-refractivity contribution in [1.82, 2.24) is 9.55 Å². The van der Waals surface area contributed by atoms with E-state index in [1.54, 1.807) is 17.8 Å². The highest BCUT2D eigenvalue weighted by atomic mass is 35.5. The highest BCUT2D eigenvalue weighted by molar-refractivity contribution is 7.98. The molecule has 0 atom stereocenters. The number of rotatable bonds is 5. The van der Waals surface area contributed by atoms with Crippen molar-refractivity contribution in [3.05, 3.63) is 79.5 Å². The lowest BCUT2D eigenvalue weighted by Crippen LogP contribution is -2.22. The molecular formula is C20H18Cl4N2S. The highest BCUT2D eigenvalue weighted by Gasteiger charge is 2.28. The molecule has 0 saturated heterocycles. The summed E-state index contributed by atoms with van der Waals surface area (Å²) < 4.78 is 2.10. The van der Waals surface area contributed by atoms with E-state index in [1.807, 2.05) is 43.6 Å². The molecule has 0 bridgehead atoms. The molecule has 0 aliphatic carbocycles. The van der Waals surface area contributed by atoms with Crippen molar-refractivity contribution >= 4 is 58.2 Å². The maximum absolute atomic E-state index is 6.27. The minimum Gasteiger partial charge on any atom is -0.325 e. The molecule has 0 aliphatic rings. The van der Waals surface area contributed by atoms with Crippen molar-refractivity contribution < 1.29 is 0 Å². The monoisotopic (exact) mass is 458 g/mol. The number of benzene rings is 2. The number of imidazole rings is 1. The van der Waals surface area contributed by atoms with Crippen molar-refractivity contribution in [2.45, 2.75) is 30.2 Å². The average Bonchev–Trinajstić information content (AvgIpc) is 2.99. The van der Waals surface area contributed by atoms with Gasteiger partial charge in [0, 0.05) is 34.0 Å². The zero-order valence-corrected chi connectivity index (χ0v) is 18.9. The summed E-state index contributed by atoms with van der Waals surface area (Å²) in [5.74, 6) is 0.691. The van der Waals surface area contributed by atoms with Gasteiger partial charge in [-0.2, -0.15) is 0 Å². The Morgan fingerprint density at radius 2 is 1.67 bits per heavy atom.